The smallest absolute Gasteiger partial charge is 0.245 e. The lowest BCUT2D eigenvalue weighted by Gasteiger charge is -2.38. The van der Waals surface area contributed by atoms with Crippen molar-refractivity contribution < 1.29 is 14.4 Å². The quantitative estimate of drug-likeness (QED) is 0.715. The summed E-state index contributed by atoms with van der Waals surface area (Å²) < 4.78 is 0. The molecule has 1 saturated heterocycles. The van der Waals surface area contributed by atoms with Gasteiger partial charge in [0.05, 0.1) is 0 Å². The molecule has 6 nitrogen and oxygen atoms in total. The molecule has 3 amide bonds. The minimum atomic E-state index is -0.488. The zero-order chi connectivity index (χ0) is 19.9. The highest BCUT2D eigenvalue weighted by Gasteiger charge is 2.35. The van der Waals surface area contributed by atoms with Crippen LogP contribution in [0.2, 0.25) is 0 Å². The van der Waals surface area contributed by atoms with E-state index in [1.807, 2.05) is 46.4 Å². The normalized spacial score (nSPS) is 16.7. The molecule has 1 unspecified atom stereocenters. The molecule has 1 aliphatic heterocycles. The molecule has 1 atom stereocenters. The second-order valence-electron chi connectivity index (χ2n) is 7.97. The third-order valence-electron chi connectivity index (χ3n) is 5.07. The third kappa shape index (κ3) is 6.29. The number of likely N-dealkylation sites (tertiary alicyclic amines) is 1. The molecule has 0 aromatic heterocycles. The van der Waals surface area contributed by atoms with Crippen LogP contribution in [-0.4, -0.2) is 59.7 Å². The van der Waals surface area contributed by atoms with Crippen molar-refractivity contribution in [3.8, 4) is 0 Å². The molecule has 0 radical (unpaired) electrons. The Bertz CT molecular complexity index is 479. The number of likely N-dealkylation sites (N-methyl/N-ethyl adjacent to an activating group) is 1. The molecule has 0 aromatic rings. The van der Waals surface area contributed by atoms with E-state index >= 15 is 0 Å². The van der Waals surface area contributed by atoms with Crippen LogP contribution in [0.25, 0.3) is 0 Å². The average Bonchev–Trinajstić information content (AvgIpc) is 2.59. The van der Waals surface area contributed by atoms with Gasteiger partial charge < -0.3 is 15.1 Å². The molecule has 6 heteroatoms. The molecule has 0 aliphatic carbocycles. The van der Waals surface area contributed by atoms with Crippen LogP contribution in [0.3, 0.4) is 0 Å². The van der Waals surface area contributed by atoms with E-state index in [2.05, 4.69) is 5.32 Å². The van der Waals surface area contributed by atoms with Crippen molar-refractivity contribution in [2.45, 2.75) is 66.8 Å². The van der Waals surface area contributed by atoms with E-state index in [1.54, 1.807) is 4.90 Å². The first-order chi connectivity index (χ1) is 12.2. The van der Waals surface area contributed by atoms with E-state index in [0.29, 0.717) is 32.6 Å². The summed E-state index contributed by atoms with van der Waals surface area (Å²) in [5.74, 6) is 0.427. The van der Waals surface area contributed by atoms with Gasteiger partial charge in [0.25, 0.3) is 0 Å². The predicted molar refractivity (Wildman–Crippen MR) is 103 cm³/mol. The second-order valence-corrected chi connectivity index (χ2v) is 7.97. The summed E-state index contributed by atoms with van der Waals surface area (Å²) in [6.07, 6.45) is 1.92. The Labute approximate surface area is 158 Å². The topological polar surface area (TPSA) is 69.7 Å². The highest BCUT2D eigenvalue weighted by Crippen LogP contribution is 2.23. The Morgan fingerprint density at radius 3 is 2.00 bits per heavy atom. The SMILES string of the molecule is CCN(CC)C(=O)C(NC(=O)CC(C)C)C1CCN(C(=O)C(C)C)CC1. The van der Waals surface area contributed by atoms with E-state index < -0.39 is 6.04 Å². The third-order valence-corrected chi connectivity index (χ3v) is 5.07. The van der Waals surface area contributed by atoms with Gasteiger partial charge in [0.2, 0.25) is 17.7 Å². The number of rotatable bonds is 8. The molecule has 0 saturated carbocycles. The van der Waals surface area contributed by atoms with Crippen LogP contribution in [0, 0.1) is 17.8 Å². The Morgan fingerprint density at radius 1 is 1.04 bits per heavy atom. The number of hydrogen-bond donors (Lipinski definition) is 1. The molecule has 1 aliphatic rings. The van der Waals surface area contributed by atoms with E-state index in [1.165, 1.54) is 0 Å². The molecule has 0 bridgehead atoms. The number of hydrogen-bond acceptors (Lipinski definition) is 3. The van der Waals surface area contributed by atoms with Crippen molar-refractivity contribution in [3.05, 3.63) is 0 Å². The van der Waals surface area contributed by atoms with Gasteiger partial charge in [-0.1, -0.05) is 27.7 Å². The van der Waals surface area contributed by atoms with Crippen molar-refractivity contribution in [1.82, 2.24) is 15.1 Å². The molecular formula is C20H37N3O3. The van der Waals surface area contributed by atoms with Crippen LogP contribution in [0.1, 0.15) is 60.8 Å². The van der Waals surface area contributed by atoms with E-state index in [0.717, 1.165) is 12.8 Å². The van der Waals surface area contributed by atoms with Gasteiger partial charge in [0, 0.05) is 38.5 Å². The van der Waals surface area contributed by atoms with Gasteiger partial charge in [0.1, 0.15) is 6.04 Å². The minimum Gasteiger partial charge on any atom is -0.344 e. The summed E-state index contributed by atoms with van der Waals surface area (Å²) in [6, 6.07) is -0.488. The van der Waals surface area contributed by atoms with Crippen LogP contribution in [0.15, 0.2) is 0 Å². The molecule has 1 fully saturated rings. The van der Waals surface area contributed by atoms with Crippen LogP contribution >= 0.6 is 0 Å². The van der Waals surface area contributed by atoms with Crippen LogP contribution in [0.5, 0.6) is 0 Å². The number of piperidine rings is 1. The molecule has 26 heavy (non-hydrogen) atoms. The van der Waals surface area contributed by atoms with Crippen molar-refractivity contribution in [2.75, 3.05) is 26.2 Å². The summed E-state index contributed by atoms with van der Waals surface area (Å²) in [6.45, 7) is 14.3. The fraction of sp³-hybridized carbons (Fsp3) is 0.850. The Morgan fingerprint density at radius 2 is 1.58 bits per heavy atom. The first kappa shape index (κ1) is 22.5. The lowest BCUT2D eigenvalue weighted by molar-refractivity contribution is -0.140. The van der Waals surface area contributed by atoms with Gasteiger partial charge in [-0.05, 0) is 38.5 Å². The maximum absolute atomic E-state index is 13.0. The Hall–Kier alpha value is -1.59. The molecule has 1 rings (SSSR count). The van der Waals surface area contributed by atoms with Gasteiger partial charge in [-0.15, -0.1) is 0 Å². The molecule has 150 valence electrons. The minimum absolute atomic E-state index is 0.000687. The standard InChI is InChI=1S/C20H37N3O3/c1-7-22(8-2)20(26)18(21-17(24)13-14(3)4)16-9-11-23(12-10-16)19(25)15(5)6/h14-16,18H,7-13H2,1-6H3,(H,21,24). The van der Waals surface area contributed by atoms with Gasteiger partial charge >= 0.3 is 0 Å². The van der Waals surface area contributed by atoms with Crippen LogP contribution in [0.4, 0.5) is 0 Å². The van der Waals surface area contributed by atoms with Crippen molar-refractivity contribution in [2.24, 2.45) is 17.8 Å². The van der Waals surface area contributed by atoms with Crippen LogP contribution < -0.4 is 5.32 Å². The van der Waals surface area contributed by atoms with Crippen molar-refractivity contribution >= 4 is 17.7 Å². The second kappa shape index (κ2) is 10.5. The Kier molecular flexibility index (Phi) is 9.09. The summed E-state index contributed by atoms with van der Waals surface area (Å²) in [4.78, 5) is 41.2. The molecule has 0 aromatic carbocycles. The van der Waals surface area contributed by atoms with E-state index in [-0.39, 0.29) is 35.5 Å². The van der Waals surface area contributed by atoms with Gasteiger partial charge in [0.15, 0.2) is 0 Å². The maximum Gasteiger partial charge on any atom is 0.245 e. The zero-order valence-corrected chi connectivity index (χ0v) is 17.4. The first-order valence-corrected chi connectivity index (χ1v) is 10.1. The van der Waals surface area contributed by atoms with Gasteiger partial charge in [-0.2, -0.15) is 0 Å². The van der Waals surface area contributed by atoms with E-state index in [4.69, 9.17) is 0 Å². The highest BCUT2D eigenvalue weighted by atomic mass is 16.2. The fourth-order valence-electron chi connectivity index (χ4n) is 3.53. The number of carbonyl (C=O) groups is 3. The summed E-state index contributed by atoms with van der Waals surface area (Å²) in [7, 11) is 0. The first-order valence-electron chi connectivity index (χ1n) is 10.1. The molecule has 1 heterocycles. The van der Waals surface area contributed by atoms with Crippen molar-refractivity contribution in [3.63, 3.8) is 0 Å². The summed E-state index contributed by atoms with van der Waals surface area (Å²) in [5, 5.41) is 3.00. The van der Waals surface area contributed by atoms with Gasteiger partial charge in [-0.25, -0.2) is 0 Å². The number of nitrogens with zero attached hydrogens (tertiary/aromatic N) is 2. The molecule has 1 N–H and O–H groups in total. The Balaban J connectivity index is 2.83. The number of carbonyl (C=O) groups excluding carboxylic acids is 3. The number of nitrogens with one attached hydrogen (secondary N) is 1. The summed E-state index contributed by atoms with van der Waals surface area (Å²) >= 11 is 0. The zero-order valence-electron chi connectivity index (χ0n) is 17.4. The monoisotopic (exact) mass is 367 g/mol. The number of amides is 3. The lowest BCUT2D eigenvalue weighted by atomic mass is 9.87. The molecule has 0 spiro atoms. The molecular weight excluding hydrogens is 330 g/mol. The average molecular weight is 368 g/mol. The lowest BCUT2D eigenvalue weighted by Crippen LogP contribution is -2.55. The highest BCUT2D eigenvalue weighted by molar-refractivity contribution is 5.88. The van der Waals surface area contributed by atoms with Gasteiger partial charge in [-0.3, -0.25) is 14.4 Å². The predicted octanol–water partition coefficient (Wildman–Crippen LogP) is 2.28. The largest absolute Gasteiger partial charge is 0.344 e. The van der Waals surface area contributed by atoms with Crippen LogP contribution in [-0.2, 0) is 14.4 Å². The van der Waals surface area contributed by atoms with E-state index in [9.17, 15) is 14.4 Å². The summed E-state index contributed by atoms with van der Waals surface area (Å²) in [5.41, 5.74) is 0. The van der Waals surface area contributed by atoms with Crippen molar-refractivity contribution in [1.29, 1.82) is 0 Å². The fourth-order valence-corrected chi connectivity index (χ4v) is 3.53. The maximum atomic E-state index is 13.0.